The van der Waals surface area contributed by atoms with E-state index in [1.54, 1.807) is 0 Å². The molecule has 0 bridgehead atoms. The molecular formula is C39H32BN3O3. The van der Waals surface area contributed by atoms with Gasteiger partial charge in [0.1, 0.15) is 11.2 Å². The zero-order chi connectivity index (χ0) is 31.5. The highest BCUT2D eigenvalue weighted by Crippen LogP contribution is 2.41. The fraction of sp³-hybridized carbons (Fsp3) is 0.154. The minimum Gasteiger partial charge on any atom is -0.455 e. The van der Waals surface area contributed by atoms with E-state index in [1.807, 2.05) is 78.9 Å². The van der Waals surface area contributed by atoms with Gasteiger partial charge in [-0.05, 0) is 44.8 Å². The molecule has 0 atom stereocenters. The summed E-state index contributed by atoms with van der Waals surface area (Å²) >= 11 is 0. The summed E-state index contributed by atoms with van der Waals surface area (Å²) in [5, 5.41) is 2.13. The fourth-order valence-electron chi connectivity index (χ4n) is 6.00. The first-order chi connectivity index (χ1) is 22.3. The Hall–Kier alpha value is -5.11. The van der Waals surface area contributed by atoms with Crippen LogP contribution in [0.2, 0.25) is 0 Å². The summed E-state index contributed by atoms with van der Waals surface area (Å²) in [7, 11) is -0.552. The third kappa shape index (κ3) is 4.80. The second kappa shape index (κ2) is 10.8. The molecule has 2 aromatic heterocycles. The zero-order valence-corrected chi connectivity index (χ0v) is 26.2. The monoisotopic (exact) mass is 601 g/mol. The van der Waals surface area contributed by atoms with E-state index in [1.165, 1.54) is 0 Å². The Labute approximate surface area is 268 Å². The molecule has 8 rings (SSSR count). The Balaban J connectivity index is 1.39. The van der Waals surface area contributed by atoms with Crippen LogP contribution in [0.15, 0.2) is 126 Å². The average Bonchev–Trinajstić information content (AvgIpc) is 3.57. The molecule has 1 saturated heterocycles. The van der Waals surface area contributed by atoms with E-state index in [0.29, 0.717) is 17.5 Å². The maximum atomic E-state index is 6.50. The van der Waals surface area contributed by atoms with E-state index in [-0.39, 0.29) is 0 Å². The third-order valence-electron chi connectivity index (χ3n) is 9.20. The van der Waals surface area contributed by atoms with Crippen molar-refractivity contribution in [2.24, 2.45) is 0 Å². The molecule has 0 saturated carbocycles. The van der Waals surface area contributed by atoms with Crippen molar-refractivity contribution < 1.29 is 13.7 Å². The van der Waals surface area contributed by atoms with E-state index in [9.17, 15) is 0 Å². The van der Waals surface area contributed by atoms with Crippen LogP contribution in [0.3, 0.4) is 0 Å². The smallest absolute Gasteiger partial charge is 0.455 e. The zero-order valence-electron chi connectivity index (χ0n) is 26.2. The van der Waals surface area contributed by atoms with Gasteiger partial charge in [-0.25, -0.2) is 15.0 Å². The molecule has 0 spiro atoms. The lowest BCUT2D eigenvalue weighted by Crippen LogP contribution is -2.41. The number of aromatic nitrogens is 3. The summed E-state index contributed by atoms with van der Waals surface area (Å²) in [4.78, 5) is 15.1. The molecule has 0 radical (unpaired) electrons. The quantitative estimate of drug-likeness (QED) is 0.184. The van der Waals surface area contributed by atoms with Gasteiger partial charge in [-0.1, -0.05) is 115 Å². The van der Waals surface area contributed by atoms with Crippen LogP contribution in [0, 0.1) is 0 Å². The highest BCUT2D eigenvalue weighted by Gasteiger charge is 2.51. The molecule has 1 aliphatic rings. The maximum Gasteiger partial charge on any atom is 0.494 e. The molecule has 0 aliphatic carbocycles. The van der Waals surface area contributed by atoms with Crippen LogP contribution in [0.25, 0.3) is 67.2 Å². The van der Waals surface area contributed by atoms with Gasteiger partial charge in [0.15, 0.2) is 17.5 Å². The van der Waals surface area contributed by atoms with Gasteiger partial charge in [0.05, 0.1) is 11.2 Å². The highest BCUT2D eigenvalue weighted by molar-refractivity contribution is 6.62. The van der Waals surface area contributed by atoms with Crippen LogP contribution < -0.4 is 5.46 Å². The summed E-state index contributed by atoms with van der Waals surface area (Å²) in [6, 6.07) is 40.7. The van der Waals surface area contributed by atoms with Crippen LogP contribution in [0.1, 0.15) is 27.7 Å². The summed E-state index contributed by atoms with van der Waals surface area (Å²) in [6.07, 6.45) is 0. The average molecular weight is 602 g/mol. The van der Waals surface area contributed by atoms with Gasteiger partial charge in [-0.3, -0.25) is 0 Å². The normalized spacial score (nSPS) is 15.5. The molecule has 1 aliphatic heterocycles. The second-order valence-electron chi connectivity index (χ2n) is 12.7. The molecule has 1 fully saturated rings. The Morgan fingerprint density at radius 2 is 1.07 bits per heavy atom. The standard InChI is InChI=1S/C39H32BN3O3/c1-38(2)39(3,4)46-40(45-38)27-22-23-28(30-19-13-20-31-29-18-11-12-21-33(29)44-34(30)31)32(24-27)37-42-35(25-14-7-5-8-15-25)41-36(43-37)26-16-9-6-10-17-26/h5-24H,1-4H3. The van der Waals surface area contributed by atoms with Crippen LogP contribution >= 0.6 is 0 Å². The Morgan fingerprint density at radius 1 is 0.500 bits per heavy atom. The number of nitrogens with zero attached hydrogens (tertiary/aromatic N) is 3. The number of fused-ring (bicyclic) bond motifs is 3. The van der Waals surface area contributed by atoms with Gasteiger partial charge in [-0.2, -0.15) is 0 Å². The number of rotatable bonds is 5. The SMILES string of the molecule is CC1(C)OB(c2ccc(-c3cccc4c3oc3ccccc34)c(-c3nc(-c4ccccc4)nc(-c4ccccc4)n3)c2)OC1(C)C. The van der Waals surface area contributed by atoms with Gasteiger partial charge < -0.3 is 13.7 Å². The summed E-state index contributed by atoms with van der Waals surface area (Å²) in [6.45, 7) is 8.26. The van der Waals surface area contributed by atoms with Crippen LogP contribution in [0.5, 0.6) is 0 Å². The van der Waals surface area contributed by atoms with Crippen molar-refractivity contribution in [3.05, 3.63) is 121 Å². The molecule has 0 unspecified atom stereocenters. The van der Waals surface area contributed by atoms with Gasteiger partial charge in [0.2, 0.25) is 0 Å². The molecule has 7 aromatic rings. The van der Waals surface area contributed by atoms with Crippen molar-refractivity contribution in [2.75, 3.05) is 0 Å². The minimum absolute atomic E-state index is 0.482. The molecule has 0 N–H and O–H groups in total. The largest absolute Gasteiger partial charge is 0.494 e. The Kier molecular flexibility index (Phi) is 6.64. The van der Waals surface area contributed by atoms with Gasteiger partial charge >= 0.3 is 7.12 Å². The van der Waals surface area contributed by atoms with Crippen LogP contribution in [0.4, 0.5) is 0 Å². The highest BCUT2D eigenvalue weighted by atomic mass is 16.7. The van der Waals surface area contributed by atoms with Gasteiger partial charge in [0, 0.05) is 33.0 Å². The molecule has 46 heavy (non-hydrogen) atoms. The summed E-state index contributed by atoms with van der Waals surface area (Å²) in [5.41, 5.74) is 6.12. The lowest BCUT2D eigenvalue weighted by Gasteiger charge is -2.32. The van der Waals surface area contributed by atoms with E-state index in [4.69, 9.17) is 28.7 Å². The number of furan rings is 1. The number of hydrogen-bond donors (Lipinski definition) is 0. The van der Waals surface area contributed by atoms with Crippen LogP contribution in [-0.2, 0) is 9.31 Å². The predicted octanol–water partition coefficient (Wildman–Crippen LogP) is 8.74. The summed E-state index contributed by atoms with van der Waals surface area (Å²) < 4.78 is 19.5. The second-order valence-corrected chi connectivity index (χ2v) is 12.7. The van der Waals surface area contributed by atoms with Crippen molar-refractivity contribution in [1.82, 2.24) is 15.0 Å². The first-order valence-electron chi connectivity index (χ1n) is 15.5. The Morgan fingerprint density at radius 3 is 1.72 bits per heavy atom. The van der Waals surface area contributed by atoms with Crippen molar-refractivity contribution in [3.63, 3.8) is 0 Å². The van der Waals surface area contributed by atoms with Crippen LogP contribution in [-0.4, -0.2) is 33.3 Å². The molecule has 6 nitrogen and oxygen atoms in total. The van der Waals surface area contributed by atoms with E-state index in [2.05, 4.69) is 70.2 Å². The molecule has 7 heteroatoms. The van der Waals surface area contributed by atoms with Crippen molar-refractivity contribution >= 4 is 34.5 Å². The molecular weight excluding hydrogens is 569 g/mol. The number of para-hydroxylation sites is 2. The fourth-order valence-corrected chi connectivity index (χ4v) is 6.00. The summed E-state index contributed by atoms with van der Waals surface area (Å²) in [5.74, 6) is 1.74. The Bertz CT molecular complexity index is 2160. The van der Waals surface area contributed by atoms with E-state index in [0.717, 1.165) is 55.2 Å². The third-order valence-corrected chi connectivity index (χ3v) is 9.20. The molecule has 3 heterocycles. The van der Waals surface area contributed by atoms with Crippen molar-refractivity contribution in [1.29, 1.82) is 0 Å². The van der Waals surface area contributed by atoms with E-state index < -0.39 is 18.3 Å². The first kappa shape index (κ1) is 28.4. The first-order valence-corrected chi connectivity index (χ1v) is 15.5. The molecule has 5 aromatic carbocycles. The van der Waals surface area contributed by atoms with Crippen molar-refractivity contribution in [3.8, 4) is 45.3 Å². The minimum atomic E-state index is -0.552. The number of hydrogen-bond acceptors (Lipinski definition) is 6. The lowest BCUT2D eigenvalue weighted by atomic mass is 9.77. The van der Waals surface area contributed by atoms with Gasteiger partial charge in [-0.15, -0.1) is 0 Å². The maximum absolute atomic E-state index is 6.50. The predicted molar refractivity (Wildman–Crippen MR) is 185 cm³/mol. The lowest BCUT2D eigenvalue weighted by molar-refractivity contribution is 0.00578. The van der Waals surface area contributed by atoms with Gasteiger partial charge in [0.25, 0.3) is 0 Å². The number of benzene rings is 5. The van der Waals surface area contributed by atoms with Crippen molar-refractivity contribution in [2.45, 2.75) is 38.9 Å². The molecule has 0 amide bonds. The topological polar surface area (TPSA) is 70.3 Å². The molecule has 224 valence electrons. The van der Waals surface area contributed by atoms with E-state index >= 15 is 0 Å².